The van der Waals surface area contributed by atoms with E-state index in [1.807, 2.05) is 25.1 Å². The Balaban J connectivity index is 3.01. The molecular weight excluding hydrogens is 172 g/mol. The predicted molar refractivity (Wildman–Crippen MR) is 50.2 cm³/mol. The molecule has 0 spiro atoms. The fourth-order valence-electron chi connectivity index (χ4n) is 0.856. The normalized spacial score (nSPS) is 8.92. The van der Waals surface area contributed by atoms with Gasteiger partial charge in [0.25, 0.3) is 0 Å². The van der Waals surface area contributed by atoms with Gasteiger partial charge in [0, 0.05) is 5.56 Å². The summed E-state index contributed by atoms with van der Waals surface area (Å²) in [5.74, 6) is 5.30. The van der Waals surface area contributed by atoms with Crippen LogP contribution in [0.25, 0.3) is 0 Å². The summed E-state index contributed by atoms with van der Waals surface area (Å²) >= 11 is 5.88. The van der Waals surface area contributed by atoms with Gasteiger partial charge in [-0.3, -0.25) is 0 Å². The van der Waals surface area contributed by atoms with E-state index in [2.05, 4.69) is 11.8 Å². The lowest BCUT2D eigenvalue weighted by atomic mass is 10.1. The van der Waals surface area contributed by atoms with E-state index in [0.29, 0.717) is 5.02 Å². The van der Waals surface area contributed by atoms with Crippen molar-refractivity contribution in [2.75, 3.05) is 6.61 Å². The molecule has 0 fully saturated rings. The van der Waals surface area contributed by atoms with Gasteiger partial charge in [0.05, 0.1) is 5.02 Å². The highest BCUT2D eigenvalue weighted by Gasteiger charge is 1.95. The quantitative estimate of drug-likeness (QED) is 0.606. The molecule has 0 aromatic heterocycles. The van der Waals surface area contributed by atoms with Crippen molar-refractivity contribution < 1.29 is 5.11 Å². The molecule has 1 N–H and O–H groups in total. The van der Waals surface area contributed by atoms with Crippen molar-refractivity contribution in [3.8, 4) is 11.8 Å². The third-order valence-corrected chi connectivity index (χ3v) is 1.74. The maximum Gasteiger partial charge on any atom is 0.104 e. The number of rotatable bonds is 0. The minimum absolute atomic E-state index is 0.135. The molecule has 0 bridgehead atoms. The van der Waals surface area contributed by atoms with Crippen molar-refractivity contribution in [3.63, 3.8) is 0 Å². The van der Waals surface area contributed by atoms with Gasteiger partial charge < -0.3 is 5.11 Å². The van der Waals surface area contributed by atoms with Crippen LogP contribution in [0.5, 0.6) is 0 Å². The van der Waals surface area contributed by atoms with Gasteiger partial charge in [-0.1, -0.05) is 29.5 Å². The van der Waals surface area contributed by atoms with Crippen molar-refractivity contribution in [2.24, 2.45) is 0 Å². The van der Waals surface area contributed by atoms with E-state index >= 15 is 0 Å². The lowest BCUT2D eigenvalue weighted by Gasteiger charge is -1.96. The molecular formula is C10H9ClO. The van der Waals surface area contributed by atoms with Crippen molar-refractivity contribution in [2.45, 2.75) is 6.92 Å². The molecule has 0 radical (unpaired) electrons. The summed E-state index contributed by atoms with van der Waals surface area (Å²) in [6, 6.07) is 5.64. The smallest absolute Gasteiger partial charge is 0.104 e. The molecule has 2 heteroatoms. The molecule has 12 heavy (non-hydrogen) atoms. The first-order chi connectivity index (χ1) is 5.74. The molecule has 0 amide bonds. The highest BCUT2D eigenvalue weighted by Crippen LogP contribution is 2.15. The van der Waals surface area contributed by atoms with Crippen molar-refractivity contribution in [3.05, 3.63) is 34.3 Å². The molecule has 0 heterocycles. The number of benzene rings is 1. The van der Waals surface area contributed by atoms with E-state index in [9.17, 15) is 0 Å². The van der Waals surface area contributed by atoms with Crippen LogP contribution in [0, 0.1) is 18.8 Å². The number of hydrogen-bond donors (Lipinski definition) is 1. The third kappa shape index (κ3) is 2.27. The second-order valence-corrected chi connectivity index (χ2v) is 2.85. The summed E-state index contributed by atoms with van der Waals surface area (Å²) in [6.07, 6.45) is 0. The lowest BCUT2D eigenvalue weighted by molar-refractivity contribution is 0.350. The molecule has 1 nitrogen and oxygen atoms in total. The minimum Gasteiger partial charge on any atom is -0.384 e. The molecule has 0 atom stereocenters. The van der Waals surface area contributed by atoms with Crippen LogP contribution in [0.2, 0.25) is 5.02 Å². The molecule has 0 saturated carbocycles. The molecule has 0 saturated heterocycles. The van der Waals surface area contributed by atoms with Gasteiger partial charge in [0.2, 0.25) is 0 Å². The monoisotopic (exact) mass is 180 g/mol. The van der Waals surface area contributed by atoms with E-state index in [1.54, 1.807) is 0 Å². The molecule has 62 valence electrons. The van der Waals surface area contributed by atoms with Crippen LogP contribution < -0.4 is 0 Å². The molecule has 1 aromatic rings. The highest BCUT2D eigenvalue weighted by atomic mass is 35.5. The second kappa shape index (κ2) is 4.15. The van der Waals surface area contributed by atoms with Crippen LogP contribution in [0.4, 0.5) is 0 Å². The minimum atomic E-state index is -0.135. The zero-order chi connectivity index (χ0) is 8.97. The maximum atomic E-state index is 8.46. The first-order valence-electron chi connectivity index (χ1n) is 3.60. The molecule has 0 aliphatic carbocycles. The molecule has 0 aliphatic rings. The summed E-state index contributed by atoms with van der Waals surface area (Å²) in [5.41, 5.74) is 1.87. The van der Waals surface area contributed by atoms with Gasteiger partial charge in [-0.05, 0) is 24.6 Å². The van der Waals surface area contributed by atoms with Crippen LogP contribution in [-0.2, 0) is 0 Å². The number of aryl methyl sites for hydroxylation is 1. The van der Waals surface area contributed by atoms with Gasteiger partial charge in [-0.15, -0.1) is 0 Å². The highest BCUT2D eigenvalue weighted by molar-refractivity contribution is 6.31. The molecule has 0 unspecified atom stereocenters. The topological polar surface area (TPSA) is 20.2 Å². The zero-order valence-electron chi connectivity index (χ0n) is 6.76. The van der Waals surface area contributed by atoms with Crippen LogP contribution in [0.1, 0.15) is 11.1 Å². The summed E-state index contributed by atoms with van der Waals surface area (Å²) in [4.78, 5) is 0. The number of aliphatic hydroxyl groups is 1. The Morgan fingerprint density at radius 2 is 2.25 bits per heavy atom. The second-order valence-electron chi connectivity index (χ2n) is 2.44. The summed E-state index contributed by atoms with van der Waals surface area (Å²) in [6.45, 7) is 1.83. The molecule has 0 aliphatic heterocycles. The third-order valence-electron chi connectivity index (χ3n) is 1.43. The van der Waals surface area contributed by atoms with Crippen molar-refractivity contribution in [1.29, 1.82) is 0 Å². The van der Waals surface area contributed by atoms with Crippen LogP contribution in [0.15, 0.2) is 18.2 Å². The number of hydrogen-bond acceptors (Lipinski definition) is 1. The Morgan fingerprint density at radius 3 is 2.83 bits per heavy atom. The molecule has 1 rings (SSSR count). The Bertz CT molecular complexity index is 333. The summed E-state index contributed by atoms with van der Waals surface area (Å²) < 4.78 is 0. The average Bonchev–Trinajstić information content (AvgIpc) is 2.03. The van der Waals surface area contributed by atoms with Gasteiger partial charge in [-0.25, -0.2) is 0 Å². The van der Waals surface area contributed by atoms with E-state index in [0.717, 1.165) is 11.1 Å². The zero-order valence-corrected chi connectivity index (χ0v) is 7.52. The van der Waals surface area contributed by atoms with Crippen LogP contribution >= 0.6 is 11.6 Å². The van der Waals surface area contributed by atoms with Gasteiger partial charge in [-0.2, -0.15) is 0 Å². The maximum absolute atomic E-state index is 8.46. The summed E-state index contributed by atoms with van der Waals surface area (Å²) in [5, 5.41) is 9.09. The van der Waals surface area contributed by atoms with E-state index in [4.69, 9.17) is 16.7 Å². The predicted octanol–water partition coefficient (Wildman–Crippen LogP) is 1.99. The number of aliphatic hydroxyl groups excluding tert-OH is 1. The first kappa shape index (κ1) is 9.12. The Hall–Kier alpha value is -0.970. The Labute approximate surface area is 77.0 Å². The van der Waals surface area contributed by atoms with E-state index < -0.39 is 0 Å². The van der Waals surface area contributed by atoms with Gasteiger partial charge >= 0.3 is 0 Å². The fraction of sp³-hybridized carbons (Fsp3) is 0.200. The SMILES string of the molecule is Cc1ccc(C#CCO)c(Cl)c1. The number of halogens is 1. The van der Waals surface area contributed by atoms with E-state index in [-0.39, 0.29) is 6.61 Å². The molecule has 1 aromatic carbocycles. The first-order valence-corrected chi connectivity index (χ1v) is 3.97. The van der Waals surface area contributed by atoms with E-state index in [1.165, 1.54) is 0 Å². The summed E-state index contributed by atoms with van der Waals surface area (Å²) in [7, 11) is 0. The van der Waals surface area contributed by atoms with Gasteiger partial charge in [0.15, 0.2) is 0 Å². The largest absolute Gasteiger partial charge is 0.384 e. The van der Waals surface area contributed by atoms with Crippen molar-refractivity contribution in [1.82, 2.24) is 0 Å². The fourth-order valence-corrected chi connectivity index (χ4v) is 1.14. The Morgan fingerprint density at radius 1 is 1.50 bits per heavy atom. The standard InChI is InChI=1S/C10H9ClO/c1-8-4-5-9(3-2-6-12)10(11)7-8/h4-5,7,12H,6H2,1H3. The average molecular weight is 181 g/mol. The van der Waals surface area contributed by atoms with Gasteiger partial charge in [0.1, 0.15) is 6.61 Å². The van der Waals surface area contributed by atoms with Crippen LogP contribution in [0.3, 0.4) is 0 Å². The Kier molecular flexibility index (Phi) is 3.16. The van der Waals surface area contributed by atoms with Crippen molar-refractivity contribution >= 4 is 11.6 Å². The van der Waals surface area contributed by atoms with Crippen LogP contribution in [-0.4, -0.2) is 11.7 Å². The lowest BCUT2D eigenvalue weighted by Crippen LogP contribution is -1.80.